The number of carbonyl (C=O) groups excluding carboxylic acids is 1. The maximum atomic E-state index is 12.5. The van der Waals surface area contributed by atoms with Gasteiger partial charge in [-0.15, -0.1) is 35.1 Å². The van der Waals surface area contributed by atoms with E-state index in [9.17, 15) is 4.79 Å². The summed E-state index contributed by atoms with van der Waals surface area (Å²) in [5.74, 6) is 0.346. The molecule has 3 heterocycles. The van der Waals surface area contributed by atoms with Crippen LogP contribution in [0.5, 0.6) is 0 Å². The fraction of sp³-hybridized carbons (Fsp3) is 0.529. The second-order valence-corrected chi connectivity index (χ2v) is 8.54. The highest BCUT2D eigenvalue weighted by Gasteiger charge is 2.57. The Balaban J connectivity index is 0.00000169. The van der Waals surface area contributed by atoms with Crippen molar-refractivity contribution in [1.82, 2.24) is 10.3 Å². The lowest BCUT2D eigenvalue weighted by molar-refractivity contribution is -0.118. The molecule has 7 heteroatoms. The fourth-order valence-electron chi connectivity index (χ4n) is 3.54. The number of anilines is 1. The molecule has 1 saturated heterocycles. The van der Waals surface area contributed by atoms with E-state index in [-0.39, 0.29) is 29.6 Å². The summed E-state index contributed by atoms with van der Waals surface area (Å²) in [5.41, 5.74) is 1.25. The van der Waals surface area contributed by atoms with E-state index < -0.39 is 0 Å². The van der Waals surface area contributed by atoms with Crippen molar-refractivity contribution in [2.45, 2.75) is 32.6 Å². The first kappa shape index (κ1) is 17.9. The van der Waals surface area contributed by atoms with Crippen LogP contribution in [0.15, 0.2) is 17.5 Å². The molecule has 1 aliphatic carbocycles. The molecule has 1 saturated carbocycles. The van der Waals surface area contributed by atoms with Gasteiger partial charge in [-0.3, -0.25) is 4.79 Å². The lowest BCUT2D eigenvalue weighted by Gasteiger charge is -2.22. The second kappa shape index (κ2) is 7.12. The molecule has 4 nitrogen and oxygen atoms in total. The van der Waals surface area contributed by atoms with Gasteiger partial charge < -0.3 is 10.6 Å². The van der Waals surface area contributed by atoms with Gasteiger partial charge >= 0.3 is 0 Å². The highest BCUT2D eigenvalue weighted by Crippen LogP contribution is 2.58. The average molecular weight is 384 g/mol. The van der Waals surface area contributed by atoms with Gasteiger partial charge in [-0.05, 0) is 56.3 Å². The maximum Gasteiger partial charge on any atom is 0.229 e. The van der Waals surface area contributed by atoms with Crippen molar-refractivity contribution in [1.29, 1.82) is 0 Å². The number of nitrogens with zero attached hydrogens (tertiary/aromatic N) is 1. The monoisotopic (exact) mass is 383 g/mol. The highest BCUT2D eigenvalue weighted by atomic mass is 35.5. The van der Waals surface area contributed by atoms with E-state index in [1.165, 1.54) is 21.1 Å². The summed E-state index contributed by atoms with van der Waals surface area (Å²) in [4.78, 5) is 19.6. The zero-order chi connectivity index (χ0) is 15.9. The Morgan fingerprint density at radius 2 is 2.21 bits per heavy atom. The fourth-order valence-corrected chi connectivity index (χ4v) is 5.23. The van der Waals surface area contributed by atoms with E-state index in [1.807, 2.05) is 5.38 Å². The van der Waals surface area contributed by atoms with Crippen molar-refractivity contribution in [3.8, 4) is 10.6 Å². The third-order valence-corrected chi connectivity index (χ3v) is 7.11. The van der Waals surface area contributed by atoms with Gasteiger partial charge in [0.05, 0.1) is 10.6 Å². The van der Waals surface area contributed by atoms with E-state index in [0.717, 1.165) is 49.6 Å². The molecule has 1 spiro atoms. The number of hydrogen-bond donors (Lipinski definition) is 2. The van der Waals surface area contributed by atoms with Crippen LogP contribution in [0.1, 0.15) is 31.1 Å². The van der Waals surface area contributed by atoms with Gasteiger partial charge in [-0.1, -0.05) is 6.92 Å². The molecule has 2 fully saturated rings. The van der Waals surface area contributed by atoms with Crippen molar-refractivity contribution in [2.75, 3.05) is 18.4 Å². The Kier molecular flexibility index (Phi) is 5.30. The van der Waals surface area contributed by atoms with Crippen LogP contribution < -0.4 is 10.6 Å². The second-order valence-electron chi connectivity index (χ2n) is 6.52. The Hall–Kier alpha value is -0.950. The highest BCUT2D eigenvalue weighted by molar-refractivity contribution is 7.17. The smallest absolute Gasteiger partial charge is 0.229 e. The summed E-state index contributed by atoms with van der Waals surface area (Å²) in [6, 6.07) is 4.28. The first-order chi connectivity index (χ1) is 11.2. The molecular weight excluding hydrogens is 362 g/mol. The lowest BCUT2D eigenvalue weighted by atomic mass is 9.92. The number of carbonyl (C=O) groups is 1. The Morgan fingerprint density at radius 1 is 1.42 bits per heavy atom. The third kappa shape index (κ3) is 3.38. The number of amides is 1. The quantitative estimate of drug-likeness (QED) is 0.832. The molecule has 1 unspecified atom stereocenters. The number of aryl methyl sites for hydroxylation is 1. The molecule has 2 aromatic rings. The molecule has 2 N–H and O–H groups in total. The first-order valence-electron chi connectivity index (χ1n) is 8.26. The Morgan fingerprint density at radius 3 is 2.92 bits per heavy atom. The van der Waals surface area contributed by atoms with Gasteiger partial charge in [-0.2, -0.15) is 0 Å². The SMILES string of the molecule is CCc1ccc(-c2csc(NC(=O)C3CC34CCNCC4)n2)s1.Cl. The summed E-state index contributed by atoms with van der Waals surface area (Å²) < 4.78 is 0. The third-order valence-electron chi connectivity index (χ3n) is 5.10. The van der Waals surface area contributed by atoms with Crippen LogP contribution in [0.2, 0.25) is 0 Å². The van der Waals surface area contributed by atoms with Crippen molar-refractivity contribution in [2.24, 2.45) is 11.3 Å². The number of rotatable bonds is 4. The largest absolute Gasteiger partial charge is 0.317 e. The number of aromatic nitrogens is 1. The van der Waals surface area contributed by atoms with Gasteiger partial charge in [0.2, 0.25) is 5.91 Å². The van der Waals surface area contributed by atoms with Gasteiger partial charge in [0.25, 0.3) is 0 Å². The van der Waals surface area contributed by atoms with Crippen LogP contribution in [0.25, 0.3) is 10.6 Å². The van der Waals surface area contributed by atoms with E-state index in [1.54, 1.807) is 11.3 Å². The Bertz CT molecular complexity index is 721. The number of piperidine rings is 1. The molecule has 0 radical (unpaired) electrons. The lowest BCUT2D eigenvalue weighted by Crippen LogP contribution is -2.31. The summed E-state index contributed by atoms with van der Waals surface area (Å²) in [7, 11) is 0. The summed E-state index contributed by atoms with van der Waals surface area (Å²) >= 11 is 3.30. The Labute approximate surface area is 156 Å². The van der Waals surface area contributed by atoms with Crippen molar-refractivity contribution < 1.29 is 4.79 Å². The molecule has 0 aromatic carbocycles. The van der Waals surface area contributed by atoms with Gasteiger partial charge in [-0.25, -0.2) is 4.98 Å². The van der Waals surface area contributed by atoms with Gasteiger partial charge in [0, 0.05) is 16.2 Å². The van der Waals surface area contributed by atoms with Crippen LogP contribution in [0, 0.1) is 11.3 Å². The maximum absolute atomic E-state index is 12.5. The molecule has 1 amide bonds. The minimum absolute atomic E-state index is 0. The summed E-state index contributed by atoms with van der Waals surface area (Å²) in [5, 5.41) is 9.18. The van der Waals surface area contributed by atoms with Crippen molar-refractivity contribution in [3.63, 3.8) is 0 Å². The van der Waals surface area contributed by atoms with Gasteiger partial charge in [0.1, 0.15) is 0 Å². The van der Waals surface area contributed by atoms with E-state index in [4.69, 9.17) is 0 Å². The minimum atomic E-state index is 0. The molecule has 24 heavy (non-hydrogen) atoms. The predicted molar refractivity (Wildman–Crippen MR) is 103 cm³/mol. The normalized spacial score (nSPS) is 21.3. The zero-order valence-corrected chi connectivity index (χ0v) is 16.1. The van der Waals surface area contributed by atoms with E-state index in [0.29, 0.717) is 0 Å². The van der Waals surface area contributed by atoms with Crippen LogP contribution >= 0.6 is 35.1 Å². The number of thiazole rings is 1. The molecule has 1 atom stereocenters. The van der Waals surface area contributed by atoms with Crippen LogP contribution in [-0.2, 0) is 11.2 Å². The summed E-state index contributed by atoms with van der Waals surface area (Å²) in [6.45, 7) is 4.25. The number of nitrogens with one attached hydrogen (secondary N) is 2. The standard InChI is InChI=1S/C17H21N3OS2.ClH/c1-2-11-3-4-14(23-11)13-10-22-16(19-13)20-15(21)12-9-17(12)5-7-18-8-6-17;/h3-4,10,12,18H,2,5-9H2,1H3,(H,19,20,21);1H. The molecule has 1 aliphatic heterocycles. The zero-order valence-electron chi connectivity index (χ0n) is 13.6. The molecule has 0 bridgehead atoms. The summed E-state index contributed by atoms with van der Waals surface area (Å²) in [6.07, 6.45) is 4.35. The molecule has 2 aromatic heterocycles. The van der Waals surface area contributed by atoms with Crippen LogP contribution in [0.3, 0.4) is 0 Å². The molecular formula is C17H22ClN3OS2. The number of hydrogen-bond acceptors (Lipinski definition) is 5. The number of halogens is 1. The minimum Gasteiger partial charge on any atom is -0.317 e. The predicted octanol–water partition coefficient (Wildman–Crippen LogP) is 4.18. The molecule has 2 aliphatic rings. The molecule has 130 valence electrons. The average Bonchev–Trinajstić information content (AvgIpc) is 2.97. The first-order valence-corrected chi connectivity index (χ1v) is 9.96. The van der Waals surface area contributed by atoms with Gasteiger partial charge in [0.15, 0.2) is 5.13 Å². The topological polar surface area (TPSA) is 54.0 Å². The van der Waals surface area contributed by atoms with Crippen molar-refractivity contribution >= 4 is 46.1 Å². The van der Waals surface area contributed by atoms with Crippen molar-refractivity contribution in [3.05, 3.63) is 22.4 Å². The molecule has 4 rings (SSSR count). The van der Waals surface area contributed by atoms with Crippen LogP contribution in [-0.4, -0.2) is 24.0 Å². The van der Waals surface area contributed by atoms with Crippen LogP contribution in [0.4, 0.5) is 5.13 Å². The number of thiophene rings is 1. The van der Waals surface area contributed by atoms with E-state index in [2.05, 4.69) is 34.7 Å². The van der Waals surface area contributed by atoms with E-state index >= 15 is 0 Å².